The minimum atomic E-state index is -0.210. The van der Waals surface area contributed by atoms with Crippen LogP contribution in [0.2, 0.25) is 0 Å². The van der Waals surface area contributed by atoms with Crippen LogP contribution in [-0.4, -0.2) is 6.29 Å². The zero-order chi connectivity index (χ0) is 11.4. The van der Waals surface area contributed by atoms with Gasteiger partial charge in [0.15, 0.2) is 0 Å². The maximum atomic E-state index is 10.6. The van der Waals surface area contributed by atoms with Crippen LogP contribution in [0.5, 0.6) is 0 Å². The van der Waals surface area contributed by atoms with Crippen LogP contribution in [0.15, 0.2) is 0 Å². The topological polar surface area (TPSA) is 112 Å². The first-order valence-corrected chi connectivity index (χ1v) is 3.67. The molecule has 6 heteroatoms. The smallest absolute Gasteiger partial charge is 0.303 e. The van der Waals surface area contributed by atoms with Crippen LogP contribution in [0, 0.1) is 74.9 Å². The van der Waals surface area contributed by atoms with E-state index in [9.17, 15) is 4.79 Å². The molecular formula is C10HN4NaO+. The summed E-state index contributed by atoms with van der Waals surface area (Å²) in [4.78, 5) is 10.6. The molecule has 0 aromatic carbocycles. The van der Waals surface area contributed by atoms with Crippen molar-refractivity contribution in [1.29, 1.82) is 21.0 Å². The van der Waals surface area contributed by atoms with E-state index in [0.717, 1.165) is 0 Å². The van der Waals surface area contributed by atoms with Crippen LogP contribution in [0.4, 0.5) is 0 Å². The van der Waals surface area contributed by atoms with Crippen molar-refractivity contribution in [3.8, 4) is 24.3 Å². The molecule has 0 aromatic heterocycles. The van der Waals surface area contributed by atoms with Gasteiger partial charge in [-0.3, -0.25) is 0 Å². The maximum absolute atomic E-state index is 10.6. The molecule has 0 unspecified atom stereocenters. The fourth-order valence-corrected chi connectivity index (χ4v) is 1.22. The normalized spacial score (nSPS) is 18.8. The average molecular weight is 216 g/mol. The summed E-state index contributed by atoms with van der Waals surface area (Å²) >= 11 is 0. The third-order valence-electron chi connectivity index (χ3n) is 1.85. The van der Waals surface area contributed by atoms with Gasteiger partial charge in [-0.2, -0.15) is 21.0 Å². The number of nitrogens with zero attached hydrogens (tertiary/aromatic N) is 4. The second-order valence-electron chi connectivity index (χ2n) is 2.48. The van der Waals surface area contributed by atoms with Crippen LogP contribution in [0.25, 0.3) is 0 Å². The van der Waals surface area contributed by atoms with Crippen LogP contribution < -0.4 is 29.6 Å². The summed E-state index contributed by atoms with van der Waals surface area (Å²) in [5.74, 6) is -1.02. The van der Waals surface area contributed by atoms with Crippen LogP contribution in [-0.2, 0) is 4.79 Å². The quantitative estimate of drug-likeness (QED) is 0.346. The number of carbonyl (C=O) groups excluding carboxylic acids is 1. The Bertz CT molecular complexity index is 398. The van der Waals surface area contributed by atoms with Gasteiger partial charge in [-0.15, -0.1) is 0 Å². The largest absolute Gasteiger partial charge is 1.00 e. The van der Waals surface area contributed by atoms with Gasteiger partial charge in [0.2, 0.25) is 0 Å². The second kappa shape index (κ2) is 6.26. The van der Waals surface area contributed by atoms with Crippen molar-refractivity contribution in [2.45, 2.75) is 0 Å². The zero-order valence-corrected chi connectivity index (χ0v) is 10.3. The van der Waals surface area contributed by atoms with E-state index in [0.29, 0.717) is 6.29 Å². The Morgan fingerprint density at radius 2 is 1.06 bits per heavy atom. The summed E-state index contributed by atoms with van der Waals surface area (Å²) in [5.41, 5.74) is 0. The van der Waals surface area contributed by atoms with Gasteiger partial charge in [0, 0.05) is 0 Å². The molecule has 1 aliphatic rings. The summed E-state index contributed by atoms with van der Waals surface area (Å²) in [7, 11) is 0. The summed E-state index contributed by atoms with van der Waals surface area (Å²) in [6.07, 6.45) is 0.304. The fourth-order valence-electron chi connectivity index (χ4n) is 1.22. The summed E-state index contributed by atoms with van der Waals surface area (Å²) in [6, 6.07) is 6.56. The molecule has 0 N–H and O–H groups in total. The van der Waals surface area contributed by atoms with E-state index in [-0.39, 0.29) is 59.1 Å². The van der Waals surface area contributed by atoms with Crippen LogP contribution in [0.3, 0.4) is 0 Å². The first kappa shape index (κ1) is 14.6. The summed E-state index contributed by atoms with van der Waals surface area (Å²) in [6.45, 7) is 0. The summed E-state index contributed by atoms with van der Waals surface area (Å²) in [5, 5.41) is 34.8. The third-order valence-corrected chi connectivity index (χ3v) is 1.85. The molecule has 0 spiro atoms. The standard InChI is InChI=1S/C10HN4O.Na/c11-1-6-7(2-12)9(4-14)10(5-15)8(6)3-13;/h5H;/q;+1. The van der Waals surface area contributed by atoms with Gasteiger partial charge in [-0.25, -0.2) is 0 Å². The van der Waals surface area contributed by atoms with E-state index in [2.05, 4.69) is 0 Å². The van der Waals surface area contributed by atoms with Crippen molar-refractivity contribution < 1.29 is 34.4 Å². The molecule has 0 aliphatic heterocycles. The van der Waals surface area contributed by atoms with Gasteiger partial charge in [-0.1, -0.05) is 0 Å². The Hall–Kier alpha value is -1.37. The van der Waals surface area contributed by atoms with Gasteiger partial charge in [0.05, 0.1) is 30.2 Å². The van der Waals surface area contributed by atoms with E-state index in [1.54, 1.807) is 24.3 Å². The van der Waals surface area contributed by atoms with Gasteiger partial charge in [0.1, 0.15) is 30.0 Å². The molecule has 0 saturated heterocycles. The third kappa shape index (κ3) is 2.08. The SMILES string of the molecule is N#C[C]1[C](C#N)[C](C#N)[C](C=O)[C]1C#N.[Na+]. The van der Waals surface area contributed by atoms with Gasteiger partial charge >= 0.3 is 29.6 Å². The number of rotatable bonds is 1. The molecule has 0 atom stereocenters. The molecule has 5 radical (unpaired) electrons. The Morgan fingerprint density at radius 3 is 1.25 bits per heavy atom. The fraction of sp³-hybridized carbons (Fsp3) is 0. The van der Waals surface area contributed by atoms with Crippen molar-refractivity contribution in [3.63, 3.8) is 0 Å². The van der Waals surface area contributed by atoms with E-state index < -0.39 is 0 Å². The Labute approximate surface area is 115 Å². The molecule has 0 heterocycles. The first-order chi connectivity index (χ1) is 7.24. The molecule has 0 aromatic rings. The molecule has 0 amide bonds. The number of nitriles is 4. The van der Waals surface area contributed by atoms with Gasteiger partial charge < -0.3 is 4.79 Å². The Kier molecular flexibility index (Phi) is 5.73. The molecule has 16 heavy (non-hydrogen) atoms. The van der Waals surface area contributed by atoms with E-state index in [1.165, 1.54) is 0 Å². The minimum Gasteiger partial charge on any atom is -0.303 e. The molecule has 1 saturated carbocycles. The molecule has 1 aliphatic carbocycles. The Morgan fingerprint density at radius 1 is 0.750 bits per heavy atom. The summed E-state index contributed by atoms with van der Waals surface area (Å²) < 4.78 is 0. The molecule has 0 bridgehead atoms. The van der Waals surface area contributed by atoms with Gasteiger partial charge in [0.25, 0.3) is 0 Å². The number of hydrogen-bond acceptors (Lipinski definition) is 5. The maximum Gasteiger partial charge on any atom is 1.00 e. The van der Waals surface area contributed by atoms with Crippen molar-refractivity contribution >= 4 is 6.29 Å². The molecule has 1 fully saturated rings. The molecular weight excluding hydrogens is 215 g/mol. The van der Waals surface area contributed by atoms with Crippen LogP contribution >= 0.6 is 0 Å². The molecule has 5 nitrogen and oxygen atoms in total. The van der Waals surface area contributed by atoms with Crippen molar-refractivity contribution in [2.24, 2.45) is 0 Å². The number of aldehydes is 1. The second-order valence-corrected chi connectivity index (χ2v) is 2.48. The van der Waals surface area contributed by atoms with Crippen molar-refractivity contribution in [2.75, 3.05) is 0 Å². The van der Waals surface area contributed by atoms with E-state index in [4.69, 9.17) is 21.0 Å². The zero-order valence-electron chi connectivity index (χ0n) is 8.27. The monoisotopic (exact) mass is 216 g/mol. The average Bonchev–Trinajstić information content (AvgIpc) is 2.59. The molecule has 1 rings (SSSR count). The van der Waals surface area contributed by atoms with Crippen molar-refractivity contribution in [1.82, 2.24) is 0 Å². The van der Waals surface area contributed by atoms with Crippen molar-refractivity contribution in [3.05, 3.63) is 29.6 Å². The van der Waals surface area contributed by atoms with E-state index >= 15 is 0 Å². The number of carbonyl (C=O) groups is 1. The Balaban J connectivity index is 0.00000225. The molecule has 67 valence electrons. The predicted octanol–water partition coefficient (Wildman–Crippen LogP) is -2.83. The minimum absolute atomic E-state index is 0. The predicted molar refractivity (Wildman–Crippen MR) is 44.7 cm³/mol. The first-order valence-electron chi connectivity index (χ1n) is 3.67. The number of hydrogen-bond donors (Lipinski definition) is 0. The van der Waals surface area contributed by atoms with Crippen LogP contribution in [0.1, 0.15) is 0 Å². The van der Waals surface area contributed by atoms with Gasteiger partial charge in [-0.05, 0) is 0 Å². The van der Waals surface area contributed by atoms with E-state index in [1.807, 2.05) is 0 Å².